The molecule has 3 nitrogen and oxygen atoms in total. The van der Waals surface area contributed by atoms with Crippen LogP contribution in [0, 0.1) is 20.8 Å². The first-order valence-electron chi connectivity index (χ1n) is 7.46. The van der Waals surface area contributed by atoms with Crippen molar-refractivity contribution in [1.29, 1.82) is 0 Å². The quantitative estimate of drug-likeness (QED) is 0.774. The highest BCUT2D eigenvalue weighted by molar-refractivity contribution is 5.70. The highest BCUT2D eigenvalue weighted by Crippen LogP contribution is 2.24. The Balaban J connectivity index is 2.97. The normalized spacial score (nSPS) is 12.2. The summed E-state index contributed by atoms with van der Waals surface area (Å²) < 4.78 is 5.09. The Morgan fingerprint density at radius 1 is 1.15 bits per heavy atom. The van der Waals surface area contributed by atoms with Gasteiger partial charge in [0.25, 0.3) is 0 Å². The standard InChI is InChI=1S/C17H27NO2/c1-6-8-18-16(11-17(19)20-7-2)15-10-13(4)12(3)9-14(15)5/h9-10,16,18H,6-8,11H2,1-5H3. The first-order chi connectivity index (χ1) is 9.49. The van der Waals surface area contributed by atoms with Crippen LogP contribution in [0.5, 0.6) is 0 Å². The highest BCUT2D eigenvalue weighted by Gasteiger charge is 2.18. The molecule has 0 bridgehead atoms. The molecule has 1 aromatic carbocycles. The second kappa shape index (κ2) is 8.05. The van der Waals surface area contributed by atoms with Crippen molar-refractivity contribution in [2.24, 2.45) is 0 Å². The van der Waals surface area contributed by atoms with E-state index in [2.05, 4.69) is 45.1 Å². The molecule has 0 aliphatic heterocycles. The molecule has 1 unspecified atom stereocenters. The molecule has 0 aromatic heterocycles. The molecule has 20 heavy (non-hydrogen) atoms. The molecule has 1 N–H and O–H groups in total. The van der Waals surface area contributed by atoms with E-state index in [1.54, 1.807) is 0 Å². The second-order valence-electron chi connectivity index (χ2n) is 5.31. The summed E-state index contributed by atoms with van der Waals surface area (Å²) >= 11 is 0. The maximum Gasteiger partial charge on any atom is 0.307 e. The average Bonchev–Trinajstić information content (AvgIpc) is 2.39. The van der Waals surface area contributed by atoms with Gasteiger partial charge in [-0.1, -0.05) is 19.1 Å². The van der Waals surface area contributed by atoms with E-state index >= 15 is 0 Å². The van der Waals surface area contributed by atoms with Crippen LogP contribution >= 0.6 is 0 Å². The predicted molar refractivity (Wildman–Crippen MR) is 82.9 cm³/mol. The van der Waals surface area contributed by atoms with Crippen molar-refractivity contribution in [2.45, 2.75) is 53.5 Å². The molecule has 0 fully saturated rings. The van der Waals surface area contributed by atoms with E-state index in [4.69, 9.17) is 4.74 Å². The summed E-state index contributed by atoms with van der Waals surface area (Å²) in [4.78, 5) is 11.8. The molecule has 0 heterocycles. The zero-order valence-corrected chi connectivity index (χ0v) is 13.4. The highest BCUT2D eigenvalue weighted by atomic mass is 16.5. The summed E-state index contributed by atoms with van der Waals surface area (Å²) in [6, 6.07) is 4.42. The van der Waals surface area contributed by atoms with Crippen molar-refractivity contribution < 1.29 is 9.53 Å². The van der Waals surface area contributed by atoms with E-state index in [0.717, 1.165) is 13.0 Å². The van der Waals surface area contributed by atoms with E-state index in [0.29, 0.717) is 13.0 Å². The number of rotatable bonds is 7. The van der Waals surface area contributed by atoms with Crippen molar-refractivity contribution in [1.82, 2.24) is 5.32 Å². The minimum Gasteiger partial charge on any atom is -0.466 e. The monoisotopic (exact) mass is 277 g/mol. The maximum atomic E-state index is 11.8. The smallest absolute Gasteiger partial charge is 0.307 e. The van der Waals surface area contributed by atoms with Crippen LogP contribution < -0.4 is 5.32 Å². The number of hydrogen-bond donors (Lipinski definition) is 1. The van der Waals surface area contributed by atoms with Crippen LogP contribution in [0.25, 0.3) is 0 Å². The van der Waals surface area contributed by atoms with Gasteiger partial charge in [-0.2, -0.15) is 0 Å². The largest absolute Gasteiger partial charge is 0.466 e. The van der Waals surface area contributed by atoms with Gasteiger partial charge in [0.15, 0.2) is 0 Å². The van der Waals surface area contributed by atoms with Gasteiger partial charge < -0.3 is 10.1 Å². The molecule has 0 saturated carbocycles. The zero-order valence-electron chi connectivity index (χ0n) is 13.4. The van der Waals surface area contributed by atoms with Crippen molar-refractivity contribution in [2.75, 3.05) is 13.2 Å². The third kappa shape index (κ3) is 4.64. The number of nitrogens with one attached hydrogen (secondary N) is 1. The summed E-state index contributed by atoms with van der Waals surface area (Å²) in [6.45, 7) is 11.6. The van der Waals surface area contributed by atoms with Crippen LogP contribution in [0.15, 0.2) is 12.1 Å². The van der Waals surface area contributed by atoms with Crippen LogP contribution in [0.4, 0.5) is 0 Å². The number of esters is 1. The van der Waals surface area contributed by atoms with Gasteiger partial charge in [0.1, 0.15) is 0 Å². The van der Waals surface area contributed by atoms with E-state index in [1.807, 2.05) is 6.92 Å². The van der Waals surface area contributed by atoms with Crippen molar-refractivity contribution in [3.63, 3.8) is 0 Å². The fourth-order valence-corrected chi connectivity index (χ4v) is 2.36. The van der Waals surface area contributed by atoms with Gasteiger partial charge >= 0.3 is 5.97 Å². The summed E-state index contributed by atoms with van der Waals surface area (Å²) in [5.41, 5.74) is 4.98. The number of aryl methyl sites for hydroxylation is 3. The van der Waals surface area contributed by atoms with Crippen LogP contribution in [0.1, 0.15) is 55.0 Å². The Morgan fingerprint density at radius 3 is 2.40 bits per heavy atom. The lowest BCUT2D eigenvalue weighted by Gasteiger charge is -2.21. The number of hydrogen-bond acceptors (Lipinski definition) is 3. The minimum absolute atomic E-state index is 0.0355. The number of carbonyl (C=O) groups is 1. The summed E-state index contributed by atoms with van der Waals surface area (Å²) in [6.07, 6.45) is 1.43. The molecule has 0 radical (unpaired) electrons. The van der Waals surface area contributed by atoms with Gasteiger partial charge in [0.05, 0.1) is 13.0 Å². The number of carbonyl (C=O) groups excluding carboxylic acids is 1. The van der Waals surface area contributed by atoms with E-state index < -0.39 is 0 Å². The van der Waals surface area contributed by atoms with Gasteiger partial charge in [0, 0.05) is 6.04 Å². The molecular formula is C17H27NO2. The molecule has 0 aliphatic rings. The number of ether oxygens (including phenoxy) is 1. The van der Waals surface area contributed by atoms with Crippen molar-refractivity contribution in [3.8, 4) is 0 Å². The van der Waals surface area contributed by atoms with Gasteiger partial charge in [-0.05, 0) is 62.9 Å². The fraction of sp³-hybridized carbons (Fsp3) is 0.588. The first kappa shape index (κ1) is 16.7. The predicted octanol–water partition coefficient (Wildman–Crippen LogP) is 3.61. The van der Waals surface area contributed by atoms with Gasteiger partial charge in [0.2, 0.25) is 0 Å². The van der Waals surface area contributed by atoms with Crippen molar-refractivity contribution >= 4 is 5.97 Å². The van der Waals surface area contributed by atoms with E-state index in [9.17, 15) is 4.79 Å². The Hall–Kier alpha value is -1.35. The molecule has 0 spiro atoms. The number of benzene rings is 1. The fourth-order valence-electron chi connectivity index (χ4n) is 2.36. The van der Waals surface area contributed by atoms with E-state index in [-0.39, 0.29) is 12.0 Å². The maximum absolute atomic E-state index is 11.8. The Bertz CT molecular complexity index is 455. The molecule has 0 amide bonds. The van der Waals surface area contributed by atoms with Gasteiger partial charge in [-0.3, -0.25) is 4.79 Å². The lowest BCUT2D eigenvalue weighted by atomic mass is 9.94. The molecule has 1 aromatic rings. The summed E-state index contributed by atoms with van der Waals surface area (Å²) in [5, 5.41) is 3.46. The van der Waals surface area contributed by atoms with Gasteiger partial charge in [-0.15, -0.1) is 0 Å². The SMILES string of the molecule is CCCNC(CC(=O)OCC)c1cc(C)c(C)cc1C. The third-order valence-electron chi connectivity index (χ3n) is 3.57. The average molecular weight is 277 g/mol. The topological polar surface area (TPSA) is 38.3 Å². The second-order valence-corrected chi connectivity index (χ2v) is 5.31. The van der Waals surface area contributed by atoms with Crippen molar-refractivity contribution in [3.05, 3.63) is 34.4 Å². The molecule has 0 saturated heterocycles. The van der Waals surface area contributed by atoms with Crippen LogP contribution in [0.3, 0.4) is 0 Å². The summed E-state index contributed by atoms with van der Waals surface area (Å²) in [5.74, 6) is -0.140. The van der Waals surface area contributed by atoms with Crippen LogP contribution in [-0.4, -0.2) is 19.1 Å². The molecule has 1 atom stereocenters. The first-order valence-corrected chi connectivity index (χ1v) is 7.46. The zero-order chi connectivity index (χ0) is 15.1. The molecule has 112 valence electrons. The van der Waals surface area contributed by atoms with Crippen LogP contribution in [0.2, 0.25) is 0 Å². The molecule has 3 heteroatoms. The Kier molecular flexibility index (Phi) is 6.73. The van der Waals surface area contributed by atoms with E-state index in [1.165, 1.54) is 22.3 Å². The Morgan fingerprint density at radius 2 is 1.80 bits per heavy atom. The molecule has 0 aliphatic carbocycles. The van der Waals surface area contributed by atoms with Crippen LogP contribution in [-0.2, 0) is 9.53 Å². The molecule has 1 rings (SSSR count). The third-order valence-corrected chi connectivity index (χ3v) is 3.57. The minimum atomic E-state index is -0.140. The Labute approximate surface area is 122 Å². The molecular weight excluding hydrogens is 250 g/mol. The van der Waals surface area contributed by atoms with Gasteiger partial charge in [-0.25, -0.2) is 0 Å². The lowest BCUT2D eigenvalue weighted by Crippen LogP contribution is -2.26. The summed E-state index contributed by atoms with van der Waals surface area (Å²) in [7, 11) is 0. The lowest BCUT2D eigenvalue weighted by molar-refractivity contribution is -0.143.